The van der Waals surface area contributed by atoms with Crippen LogP contribution in [0.25, 0.3) is 0 Å². The number of hydrogen-bond acceptors (Lipinski definition) is 4. The summed E-state index contributed by atoms with van der Waals surface area (Å²) >= 11 is 0. The summed E-state index contributed by atoms with van der Waals surface area (Å²) < 4.78 is 79.3. The second-order valence-corrected chi connectivity index (χ2v) is 6.94. The van der Waals surface area contributed by atoms with Gasteiger partial charge in [-0.3, -0.25) is 4.79 Å². The number of carbonyl (C=O) groups is 1. The molecule has 0 aromatic heterocycles. The van der Waals surface area contributed by atoms with Crippen LogP contribution in [0.5, 0.6) is 5.75 Å². The molecule has 0 saturated heterocycles. The normalized spacial score (nSPS) is 11.5. The first-order valence-corrected chi connectivity index (χ1v) is 9.33. The fraction of sp³-hybridized carbons (Fsp3) is 0.381. The van der Waals surface area contributed by atoms with Crippen LogP contribution < -0.4 is 15.4 Å². The summed E-state index contributed by atoms with van der Waals surface area (Å²) in [6.07, 6.45) is -8.94. The number of amides is 1. The van der Waals surface area contributed by atoms with Gasteiger partial charge in [0, 0.05) is 31.0 Å². The fourth-order valence-electron chi connectivity index (χ4n) is 2.35. The molecular weight excluding hydrogens is 440 g/mol. The summed E-state index contributed by atoms with van der Waals surface area (Å²) in [5, 5.41) is 4.86. The minimum absolute atomic E-state index is 0.0842. The number of anilines is 2. The maximum atomic E-state index is 12.3. The molecule has 0 atom stereocenters. The number of benzene rings is 2. The largest absolute Gasteiger partial charge is 0.492 e. The molecule has 0 bridgehead atoms. The van der Waals surface area contributed by atoms with Crippen LogP contribution in [0.15, 0.2) is 36.4 Å². The zero-order chi connectivity index (χ0) is 24.5. The predicted molar refractivity (Wildman–Crippen MR) is 111 cm³/mol. The van der Waals surface area contributed by atoms with Crippen molar-refractivity contribution in [1.29, 1.82) is 0 Å². The van der Waals surface area contributed by atoms with E-state index in [1.807, 2.05) is 39.2 Å². The summed E-state index contributed by atoms with van der Waals surface area (Å²) in [7, 11) is 5.25. The summed E-state index contributed by atoms with van der Waals surface area (Å²) in [6.45, 7) is 3.48. The Morgan fingerprint density at radius 3 is 1.94 bits per heavy atom. The van der Waals surface area contributed by atoms with Crippen LogP contribution in [0.2, 0.25) is 0 Å². The van der Waals surface area contributed by atoms with E-state index in [1.165, 1.54) is 7.05 Å². The summed E-state index contributed by atoms with van der Waals surface area (Å²) in [5.74, 6) is 0.814. The third-order valence-electron chi connectivity index (χ3n) is 4.09. The van der Waals surface area contributed by atoms with Crippen molar-refractivity contribution in [3.05, 3.63) is 53.1 Å². The van der Waals surface area contributed by atoms with Crippen molar-refractivity contribution >= 4 is 17.8 Å². The molecule has 1 amide bonds. The second kappa shape index (κ2) is 11.6. The predicted octanol–water partition coefficient (Wildman–Crippen LogP) is 5.27. The molecule has 32 heavy (non-hydrogen) atoms. The Kier molecular flexibility index (Phi) is 9.82. The van der Waals surface area contributed by atoms with E-state index in [2.05, 4.69) is 15.5 Å². The number of nitrogens with one attached hydrogen (secondary N) is 2. The van der Waals surface area contributed by atoms with E-state index in [4.69, 9.17) is 4.74 Å². The molecular formula is C21H25F6N3O2. The van der Waals surface area contributed by atoms with Gasteiger partial charge in [0.2, 0.25) is 6.41 Å². The Hall–Kier alpha value is -2.95. The summed E-state index contributed by atoms with van der Waals surface area (Å²) in [6, 6.07) is 6.93. The van der Waals surface area contributed by atoms with E-state index >= 15 is 0 Å². The highest BCUT2D eigenvalue weighted by Gasteiger charge is 2.36. The number of alkyl halides is 6. The molecule has 0 unspecified atom stereocenters. The lowest BCUT2D eigenvalue weighted by molar-refractivity contribution is -0.143. The standard InChI is InChI=1S/C12H18N2O2.C9H7F6N/c1-10-4-5-11(13-9-15)8-12(10)16-7-6-14(2)3;1-16-7-3-5(8(10,11)12)2-6(4-7)9(13,14)15/h4-5,8-9H,6-7H2,1-3H3,(H,13,15);2-4,16H,1H3. The highest BCUT2D eigenvalue weighted by molar-refractivity contribution is 5.72. The Balaban J connectivity index is 0.000000320. The van der Waals surface area contributed by atoms with Gasteiger partial charge >= 0.3 is 12.4 Å². The molecule has 11 heteroatoms. The first kappa shape index (κ1) is 27.1. The van der Waals surface area contributed by atoms with Gasteiger partial charge in [-0.1, -0.05) is 6.07 Å². The molecule has 2 aromatic rings. The van der Waals surface area contributed by atoms with Gasteiger partial charge in [-0.25, -0.2) is 0 Å². The van der Waals surface area contributed by atoms with E-state index in [1.54, 1.807) is 0 Å². The zero-order valence-corrected chi connectivity index (χ0v) is 18.0. The van der Waals surface area contributed by atoms with Crippen LogP contribution in [-0.4, -0.2) is 45.6 Å². The SMILES string of the molecule is CNc1cc(C(F)(F)F)cc(C(F)(F)F)c1.Cc1ccc(NC=O)cc1OCCN(C)C. The molecule has 0 aliphatic carbocycles. The van der Waals surface area contributed by atoms with Crippen molar-refractivity contribution in [2.24, 2.45) is 0 Å². The van der Waals surface area contributed by atoms with E-state index in [9.17, 15) is 31.1 Å². The van der Waals surface area contributed by atoms with Crippen molar-refractivity contribution < 1.29 is 35.9 Å². The van der Waals surface area contributed by atoms with Crippen molar-refractivity contribution in [3.63, 3.8) is 0 Å². The lowest BCUT2D eigenvalue weighted by Gasteiger charge is -2.13. The van der Waals surface area contributed by atoms with Gasteiger partial charge < -0.3 is 20.3 Å². The smallest absolute Gasteiger partial charge is 0.416 e. The van der Waals surface area contributed by atoms with Crippen molar-refractivity contribution in [2.45, 2.75) is 19.3 Å². The highest BCUT2D eigenvalue weighted by Crippen LogP contribution is 2.37. The average molecular weight is 465 g/mol. The number of nitrogens with zero attached hydrogens (tertiary/aromatic N) is 1. The zero-order valence-electron chi connectivity index (χ0n) is 18.0. The molecule has 0 fully saturated rings. The van der Waals surface area contributed by atoms with Crippen LogP contribution >= 0.6 is 0 Å². The lowest BCUT2D eigenvalue weighted by atomic mass is 10.1. The molecule has 0 radical (unpaired) electrons. The molecule has 178 valence electrons. The fourth-order valence-corrected chi connectivity index (χ4v) is 2.35. The quantitative estimate of drug-likeness (QED) is 0.432. The Bertz CT molecular complexity index is 851. The molecule has 0 heterocycles. The number of hydrogen-bond donors (Lipinski definition) is 2. The number of ether oxygens (including phenoxy) is 1. The van der Waals surface area contributed by atoms with Crippen LogP contribution in [0.4, 0.5) is 37.7 Å². The first-order chi connectivity index (χ1) is 14.8. The number of carbonyl (C=O) groups excluding carboxylic acids is 1. The van der Waals surface area contributed by atoms with Crippen LogP contribution in [0.1, 0.15) is 16.7 Å². The molecule has 0 aliphatic rings. The van der Waals surface area contributed by atoms with E-state index in [-0.39, 0.29) is 11.8 Å². The van der Waals surface area contributed by atoms with Crippen LogP contribution in [0, 0.1) is 6.92 Å². The average Bonchev–Trinajstić information content (AvgIpc) is 2.69. The highest BCUT2D eigenvalue weighted by atomic mass is 19.4. The van der Waals surface area contributed by atoms with E-state index in [0.717, 1.165) is 23.5 Å². The summed E-state index contributed by atoms with van der Waals surface area (Å²) in [4.78, 5) is 12.4. The van der Waals surface area contributed by atoms with Gasteiger partial charge in [-0.05, 0) is 50.8 Å². The topological polar surface area (TPSA) is 53.6 Å². The molecule has 2 aromatic carbocycles. The minimum Gasteiger partial charge on any atom is -0.492 e. The molecule has 5 nitrogen and oxygen atoms in total. The molecule has 2 rings (SSSR count). The Morgan fingerprint density at radius 1 is 0.938 bits per heavy atom. The Morgan fingerprint density at radius 2 is 1.50 bits per heavy atom. The first-order valence-electron chi connectivity index (χ1n) is 9.33. The minimum atomic E-state index is -4.80. The number of aryl methyl sites for hydroxylation is 1. The Labute approximate surface area is 182 Å². The van der Waals surface area contributed by atoms with Gasteiger partial charge in [0.05, 0.1) is 11.1 Å². The number of likely N-dealkylation sites (N-methyl/N-ethyl adjacent to an activating group) is 1. The monoisotopic (exact) mass is 465 g/mol. The van der Waals surface area contributed by atoms with Crippen LogP contribution in [-0.2, 0) is 17.1 Å². The third-order valence-corrected chi connectivity index (χ3v) is 4.09. The van der Waals surface area contributed by atoms with Gasteiger partial charge in [-0.15, -0.1) is 0 Å². The van der Waals surface area contributed by atoms with Gasteiger partial charge in [0.15, 0.2) is 0 Å². The third kappa shape index (κ3) is 9.04. The van der Waals surface area contributed by atoms with E-state index < -0.39 is 23.5 Å². The lowest BCUT2D eigenvalue weighted by Crippen LogP contribution is -2.19. The number of rotatable bonds is 7. The van der Waals surface area contributed by atoms with Gasteiger partial charge in [-0.2, -0.15) is 26.3 Å². The molecule has 2 N–H and O–H groups in total. The van der Waals surface area contributed by atoms with Gasteiger partial charge in [0.1, 0.15) is 12.4 Å². The van der Waals surface area contributed by atoms with Crippen molar-refractivity contribution in [1.82, 2.24) is 4.90 Å². The molecule has 0 saturated carbocycles. The van der Waals surface area contributed by atoms with E-state index in [0.29, 0.717) is 25.1 Å². The molecule has 0 aliphatic heterocycles. The summed E-state index contributed by atoms with van der Waals surface area (Å²) in [5.41, 5.74) is -1.07. The maximum Gasteiger partial charge on any atom is 0.416 e. The van der Waals surface area contributed by atoms with Crippen molar-refractivity contribution in [2.75, 3.05) is 44.9 Å². The molecule has 0 spiro atoms. The number of halogens is 6. The maximum absolute atomic E-state index is 12.3. The second-order valence-electron chi connectivity index (χ2n) is 6.94. The van der Waals surface area contributed by atoms with Crippen LogP contribution in [0.3, 0.4) is 0 Å². The van der Waals surface area contributed by atoms with Gasteiger partial charge in [0.25, 0.3) is 0 Å². The van der Waals surface area contributed by atoms with Crippen molar-refractivity contribution in [3.8, 4) is 5.75 Å².